The van der Waals surface area contributed by atoms with Gasteiger partial charge in [0.25, 0.3) is 5.69 Å². The number of hydrogen-bond donors (Lipinski definition) is 2. The number of nitro groups is 1. The number of carbonyl (C=O) groups excluding carboxylic acids is 1. The summed E-state index contributed by atoms with van der Waals surface area (Å²) in [4.78, 5) is 23.1. The second-order valence-corrected chi connectivity index (χ2v) is 5.37. The fourth-order valence-corrected chi connectivity index (χ4v) is 2.82. The Kier molecular flexibility index (Phi) is 4.57. The summed E-state index contributed by atoms with van der Waals surface area (Å²) in [6.07, 6.45) is 3.06. The summed E-state index contributed by atoms with van der Waals surface area (Å²) in [5.74, 6) is -0.110. The molecule has 1 aliphatic heterocycles. The zero-order chi connectivity index (χ0) is 15.5. The molecule has 0 aromatic heterocycles. The molecule has 0 saturated carbocycles. The number of nitrogens with one attached hydrogen (secondary N) is 2. The van der Waals surface area contributed by atoms with Crippen LogP contribution in [-0.2, 0) is 11.2 Å². The van der Waals surface area contributed by atoms with Crippen molar-refractivity contribution in [2.45, 2.75) is 45.1 Å². The van der Waals surface area contributed by atoms with Crippen LogP contribution in [0.3, 0.4) is 0 Å². The maximum atomic E-state index is 12.5. The maximum Gasteiger partial charge on any atom is 0.274 e. The lowest BCUT2D eigenvalue weighted by atomic mass is 9.93. The van der Waals surface area contributed by atoms with Gasteiger partial charge in [0.15, 0.2) is 0 Å². The fraction of sp³-hybridized carbons (Fsp3) is 0.533. The van der Waals surface area contributed by atoms with Gasteiger partial charge in [-0.2, -0.15) is 0 Å². The smallest absolute Gasteiger partial charge is 0.274 e. The highest BCUT2D eigenvalue weighted by Gasteiger charge is 2.39. The van der Waals surface area contributed by atoms with Gasteiger partial charge in [-0.1, -0.05) is 19.9 Å². The number of benzene rings is 1. The molecule has 1 fully saturated rings. The Bertz CT molecular complexity index is 551. The van der Waals surface area contributed by atoms with E-state index in [4.69, 9.17) is 0 Å². The molecule has 1 unspecified atom stereocenters. The minimum absolute atomic E-state index is 0.0558. The summed E-state index contributed by atoms with van der Waals surface area (Å²) < 4.78 is 0. The zero-order valence-corrected chi connectivity index (χ0v) is 12.4. The second-order valence-electron chi connectivity index (χ2n) is 5.37. The van der Waals surface area contributed by atoms with Gasteiger partial charge < -0.3 is 10.6 Å². The van der Waals surface area contributed by atoms with E-state index in [2.05, 4.69) is 10.6 Å². The third-order valence-electron chi connectivity index (χ3n) is 4.20. The Morgan fingerprint density at radius 1 is 1.48 bits per heavy atom. The van der Waals surface area contributed by atoms with E-state index in [-0.39, 0.29) is 11.6 Å². The van der Waals surface area contributed by atoms with E-state index in [1.165, 1.54) is 6.07 Å². The Hall–Kier alpha value is -1.95. The lowest BCUT2D eigenvalue weighted by Gasteiger charge is -2.26. The Labute approximate surface area is 124 Å². The van der Waals surface area contributed by atoms with Gasteiger partial charge in [0, 0.05) is 17.3 Å². The molecular weight excluding hydrogens is 270 g/mol. The summed E-state index contributed by atoms with van der Waals surface area (Å²) in [7, 11) is 0. The molecule has 6 nitrogen and oxygen atoms in total. The number of anilines is 1. The number of hydrogen-bond acceptors (Lipinski definition) is 4. The van der Waals surface area contributed by atoms with Crippen molar-refractivity contribution in [2.24, 2.45) is 0 Å². The first-order valence-corrected chi connectivity index (χ1v) is 7.36. The lowest BCUT2D eigenvalue weighted by molar-refractivity contribution is -0.385. The van der Waals surface area contributed by atoms with Gasteiger partial charge in [0.2, 0.25) is 5.91 Å². The molecule has 1 aromatic rings. The van der Waals surface area contributed by atoms with Crippen LogP contribution in [0.5, 0.6) is 0 Å². The van der Waals surface area contributed by atoms with Crippen LogP contribution >= 0.6 is 0 Å². The van der Waals surface area contributed by atoms with E-state index in [0.717, 1.165) is 19.4 Å². The molecule has 0 radical (unpaired) electrons. The molecule has 21 heavy (non-hydrogen) atoms. The zero-order valence-electron chi connectivity index (χ0n) is 12.4. The van der Waals surface area contributed by atoms with Crippen LogP contribution in [0.4, 0.5) is 11.4 Å². The van der Waals surface area contributed by atoms with Crippen LogP contribution in [0.2, 0.25) is 0 Å². The number of nitrogens with zero attached hydrogens (tertiary/aromatic N) is 1. The summed E-state index contributed by atoms with van der Waals surface area (Å²) in [6.45, 7) is 4.67. The first-order valence-electron chi connectivity index (χ1n) is 7.36. The summed E-state index contributed by atoms with van der Waals surface area (Å²) >= 11 is 0. The molecule has 1 atom stereocenters. The van der Waals surface area contributed by atoms with E-state index in [9.17, 15) is 14.9 Å². The van der Waals surface area contributed by atoms with E-state index >= 15 is 0 Å². The minimum Gasteiger partial charge on any atom is -0.324 e. The summed E-state index contributed by atoms with van der Waals surface area (Å²) in [6, 6.07) is 4.87. The molecule has 1 saturated heterocycles. The molecule has 0 aliphatic carbocycles. The quantitative estimate of drug-likeness (QED) is 0.645. The van der Waals surface area contributed by atoms with Crippen molar-refractivity contribution in [1.82, 2.24) is 5.32 Å². The third-order valence-corrected chi connectivity index (χ3v) is 4.20. The standard InChI is InChI=1S/C15H21N3O3/c1-3-11-6-7-12(10-13(11)18(20)21)17-14(19)15(4-2)8-5-9-16-15/h6-7,10,16H,3-5,8-9H2,1-2H3,(H,17,19). The van der Waals surface area contributed by atoms with Crippen molar-refractivity contribution in [3.8, 4) is 0 Å². The molecule has 1 amide bonds. The summed E-state index contributed by atoms with van der Waals surface area (Å²) in [5, 5.41) is 17.1. The van der Waals surface area contributed by atoms with Crippen LogP contribution in [0.15, 0.2) is 18.2 Å². The molecule has 2 N–H and O–H groups in total. The Balaban J connectivity index is 2.21. The normalized spacial score (nSPS) is 21.2. The Morgan fingerprint density at radius 2 is 2.24 bits per heavy atom. The SMILES string of the molecule is CCc1ccc(NC(=O)C2(CC)CCCN2)cc1[N+](=O)[O-]. The largest absolute Gasteiger partial charge is 0.324 e. The van der Waals surface area contributed by atoms with E-state index < -0.39 is 10.5 Å². The molecule has 0 bridgehead atoms. The molecule has 2 rings (SSSR count). The molecular formula is C15H21N3O3. The van der Waals surface area contributed by atoms with Crippen molar-refractivity contribution < 1.29 is 9.72 Å². The lowest BCUT2D eigenvalue weighted by Crippen LogP contribution is -2.50. The number of amides is 1. The second kappa shape index (κ2) is 6.22. The van der Waals surface area contributed by atoms with Crippen LogP contribution < -0.4 is 10.6 Å². The van der Waals surface area contributed by atoms with Gasteiger partial charge >= 0.3 is 0 Å². The highest BCUT2D eigenvalue weighted by Crippen LogP contribution is 2.27. The van der Waals surface area contributed by atoms with Crippen LogP contribution in [-0.4, -0.2) is 22.9 Å². The number of nitro benzene ring substituents is 1. The number of rotatable bonds is 5. The highest BCUT2D eigenvalue weighted by molar-refractivity contribution is 5.98. The van der Waals surface area contributed by atoms with Gasteiger partial charge in [-0.15, -0.1) is 0 Å². The fourth-order valence-electron chi connectivity index (χ4n) is 2.82. The van der Waals surface area contributed by atoms with Crippen molar-refractivity contribution in [2.75, 3.05) is 11.9 Å². The van der Waals surface area contributed by atoms with Crippen LogP contribution in [0, 0.1) is 10.1 Å². The predicted molar refractivity (Wildman–Crippen MR) is 81.4 cm³/mol. The molecule has 1 heterocycles. The highest BCUT2D eigenvalue weighted by atomic mass is 16.6. The van der Waals surface area contributed by atoms with Crippen molar-refractivity contribution in [1.29, 1.82) is 0 Å². The van der Waals surface area contributed by atoms with E-state index in [0.29, 0.717) is 24.1 Å². The van der Waals surface area contributed by atoms with Crippen LogP contribution in [0.1, 0.15) is 38.7 Å². The summed E-state index contributed by atoms with van der Waals surface area (Å²) in [5.41, 5.74) is 0.658. The van der Waals surface area contributed by atoms with Crippen molar-refractivity contribution >= 4 is 17.3 Å². The van der Waals surface area contributed by atoms with Gasteiger partial charge in [0.1, 0.15) is 0 Å². The minimum atomic E-state index is -0.543. The first-order chi connectivity index (χ1) is 10.0. The number of aryl methyl sites for hydroxylation is 1. The topological polar surface area (TPSA) is 84.3 Å². The third kappa shape index (κ3) is 3.05. The van der Waals surface area contributed by atoms with Gasteiger partial charge in [-0.3, -0.25) is 14.9 Å². The first kappa shape index (κ1) is 15.4. The van der Waals surface area contributed by atoms with E-state index in [1.807, 2.05) is 13.8 Å². The van der Waals surface area contributed by atoms with Gasteiger partial charge in [-0.25, -0.2) is 0 Å². The molecule has 6 heteroatoms. The van der Waals surface area contributed by atoms with Crippen LogP contribution in [0.25, 0.3) is 0 Å². The Morgan fingerprint density at radius 3 is 2.76 bits per heavy atom. The molecule has 1 aliphatic rings. The number of carbonyl (C=O) groups is 1. The molecule has 114 valence electrons. The molecule has 1 aromatic carbocycles. The van der Waals surface area contributed by atoms with E-state index in [1.54, 1.807) is 12.1 Å². The van der Waals surface area contributed by atoms with Gasteiger partial charge in [0.05, 0.1) is 10.5 Å². The average molecular weight is 291 g/mol. The maximum absolute atomic E-state index is 12.5. The monoisotopic (exact) mass is 291 g/mol. The van der Waals surface area contributed by atoms with Crippen molar-refractivity contribution in [3.05, 3.63) is 33.9 Å². The average Bonchev–Trinajstić information content (AvgIpc) is 2.97. The molecule has 0 spiro atoms. The van der Waals surface area contributed by atoms with Crippen molar-refractivity contribution in [3.63, 3.8) is 0 Å². The predicted octanol–water partition coefficient (Wildman–Crippen LogP) is 2.63. The van der Waals surface area contributed by atoms with Gasteiger partial charge in [-0.05, 0) is 38.3 Å².